The lowest BCUT2D eigenvalue weighted by Gasteiger charge is -2.26. The van der Waals surface area contributed by atoms with E-state index < -0.39 is 0 Å². The number of fused-ring (bicyclic) bond motifs is 3. The summed E-state index contributed by atoms with van der Waals surface area (Å²) in [5, 5.41) is 4.91. The van der Waals surface area contributed by atoms with E-state index in [2.05, 4.69) is 34.6 Å². The molecule has 0 bridgehead atoms. The van der Waals surface area contributed by atoms with Crippen molar-refractivity contribution in [3.63, 3.8) is 0 Å². The molecule has 1 unspecified atom stereocenters. The number of nitrogens with one attached hydrogen (secondary N) is 2. The van der Waals surface area contributed by atoms with Gasteiger partial charge in [0.2, 0.25) is 5.75 Å². The van der Waals surface area contributed by atoms with Crippen LogP contribution in [0.15, 0.2) is 36.4 Å². The molecule has 25 heavy (non-hydrogen) atoms. The second-order valence-corrected chi connectivity index (χ2v) is 6.16. The number of methoxy groups -OCH3 is 3. The van der Waals surface area contributed by atoms with Gasteiger partial charge in [0.15, 0.2) is 11.5 Å². The van der Waals surface area contributed by atoms with E-state index in [1.807, 2.05) is 12.1 Å². The maximum atomic E-state index is 5.51. The van der Waals surface area contributed by atoms with Crippen LogP contribution in [0.4, 0.5) is 0 Å². The normalized spacial score (nSPS) is 16.5. The summed E-state index contributed by atoms with van der Waals surface area (Å²) in [6.45, 7) is 0.927. The van der Waals surface area contributed by atoms with Crippen molar-refractivity contribution in [3.8, 4) is 17.2 Å². The summed E-state index contributed by atoms with van der Waals surface area (Å²) in [6.07, 6.45) is 1.01. The number of hydrogen-bond acceptors (Lipinski definition) is 4. The number of para-hydroxylation sites is 1. The van der Waals surface area contributed by atoms with Crippen LogP contribution in [0.5, 0.6) is 17.2 Å². The van der Waals surface area contributed by atoms with Crippen LogP contribution in [-0.2, 0) is 6.42 Å². The topological polar surface area (TPSA) is 55.5 Å². The van der Waals surface area contributed by atoms with Crippen molar-refractivity contribution in [1.82, 2.24) is 10.3 Å². The predicted octanol–water partition coefficient (Wildman–Crippen LogP) is 3.43. The average molecular weight is 338 g/mol. The monoisotopic (exact) mass is 338 g/mol. The van der Waals surface area contributed by atoms with E-state index in [-0.39, 0.29) is 6.04 Å². The third-order valence-electron chi connectivity index (χ3n) is 4.88. The van der Waals surface area contributed by atoms with Crippen molar-refractivity contribution in [3.05, 3.63) is 53.2 Å². The highest BCUT2D eigenvalue weighted by Crippen LogP contribution is 2.42. The molecule has 3 aromatic rings. The first kappa shape index (κ1) is 15.8. The molecule has 2 heterocycles. The number of rotatable bonds is 4. The number of hydrogen-bond donors (Lipinski definition) is 2. The van der Waals surface area contributed by atoms with Gasteiger partial charge in [-0.3, -0.25) is 0 Å². The van der Waals surface area contributed by atoms with E-state index in [9.17, 15) is 0 Å². The minimum Gasteiger partial charge on any atom is -0.493 e. The fourth-order valence-corrected chi connectivity index (χ4v) is 3.73. The SMILES string of the molecule is COc1cc(C2NCCc3c2[nH]c2ccccc32)cc(OC)c1OC. The molecular weight excluding hydrogens is 316 g/mol. The number of ether oxygens (including phenoxy) is 3. The fraction of sp³-hybridized carbons (Fsp3) is 0.300. The van der Waals surface area contributed by atoms with Crippen molar-refractivity contribution in [2.45, 2.75) is 12.5 Å². The predicted molar refractivity (Wildman–Crippen MR) is 97.9 cm³/mol. The molecule has 1 atom stereocenters. The molecule has 0 aliphatic carbocycles. The maximum absolute atomic E-state index is 5.51. The van der Waals surface area contributed by atoms with Crippen LogP contribution in [0.3, 0.4) is 0 Å². The molecule has 0 radical (unpaired) electrons. The molecule has 0 saturated heterocycles. The van der Waals surface area contributed by atoms with E-state index in [0.717, 1.165) is 18.5 Å². The second kappa shape index (κ2) is 6.33. The number of aromatic nitrogens is 1. The third-order valence-corrected chi connectivity index (χ3v) is 4.88. The standard InChI is InChI=1S/C20H22N2O3/c1-23-16-10-12(11-17(24-2)20(16)25-3)18-19-14(8-9-21-18)13-6-4-5-7-15(13)22-19/h4-7,10-11,18,21-22H,8-9H2,1-3H3. The van der Waals surface area contributed by atoms with Gasteiger partial charge in [0.05, 0.1) is 27.4 Å². The highest BCUT2D eigenvalue weighted by atomic mass is 16.5. The van der Waals surface area contributed by atoms with Crippen molar-refractivity contribution >= 4 is 10.9 Å². The largest absolute Gasteiger partial charge is 0.493 e. The lowest BCUT2D eigenvalue weighted by Crippen LogP contribution is -2.30. The maximum Gasteiger partial charge on any atom is 0.203 e. The Morgan fingerprint density at radius 3 is 2.36 bits per heavy atom. The zero-order valence-electron chi connectivity index (χ0n) is 14.7. The molecule has 0 spiro atoms. The summed E-state index contributed by atoms with van der Waals surface area (Å²) in [6, 6.07) is 12.5. The van der Waals surface area contributed by atoms with Crippen LogP contribution >= 0.6 is 0 Å². The Labute approximate surface area is 146 Å². The highest BCUT2D eigenvalue weighted by molar-refractivity contribution is 5.85. The summed E-state index contributed by atoms with van der Waals surface area (Å²) in [5.74, 6) is 1.95. The highest BCUT2D eigenvalue weighted by Gasteiger charge is 2.27. The molecule has 0 saturated carbocycles. The average Bonchev–Trinajstić information content (AvgIpc) is 3.05. The van der Waals surface area contributed by atoms with Gasteiger partial charge in [-0.1, -0.05) is 18.2 Å². The van der Waals surface area contributed by atoms with Crippen LogP contribution in [0, 0.1) is 0 Å². The minimum absolute atomic E-state index is 0.0601. The van der Waals surface area contributed by atoms with Gasteiger partial charge in [0.1, 0.15) is 0 Å². The molecule has 1 aliphatic rings. The van der Waals surface area contributed by atoms with Crippen molar-refractivity contribution in [2.24, 2.45) is 0 Å². The van der Waals surface area contributed by atoms with E-state index in [1.54, 1.807) is 21.3 Å². The molecule has 2 aromatic carbocycles. The molecule has 130 valence electrons. The summed E-state index contributed by atoms with van der Waals surface area (Å²) in [7, 11) is 4.90. The van der Waals surface area contributed by atoms with Gasteiger partial charge < -0.3 is 24.5 Å². The summed E-state index contributed by atoms with van der Waals surface area (Å²) >= 11 is 0. The van der Waals surface area contributed by atoms with E-state index in [4.69, 9.17) is 14.2 Å². The summed E-state index contributed by atoms with van der Waals surface area (Å²) < 4.78 is 16.5. The number of aromatic amines is 1. The second-order valence-electron chi connectivity index (χ2n) is 6.16. The van der Waals surface area contributed by atoms with Crippen LogP contribution in [0.1, 0.15) is 22.9 Å². The molecule has 4 rings (SSSR count). The van der Waals surface area contributed by atoms with Crippen molar-refractivity contribution in [1.29, 1.82) is 0 Å². The Balaban J connectivity index is 1.87. The van der Waals surface area contributed by atoms with Gasteiger partial charge in [-0.05, 0) is 35.7 Å². The van der Waals surface area contributed by atoms with Crippen molar-refractivity contribution < 1.29 is 14.2 Å². The Morgan fingerprint density at radius 1 is 0.960 bits per heavy atom. The molecule has 0 fully saturated rings. The van der Waals surface area contributed by atoms with Gasteiger partial charge in [-0.2, -0.15) is 0 Å². The quantitative estimate of drug-likeness (QED) is 0.765. The molecule has 1 aliphatic heterocycles. The molecule has 5 heteroatoms. The summed E-state index contributed by atoms with van der Waals surface area (Å²) in [4.78, 5) is 3.59. The van der Waals surface area contributed by atoms with E-state index >= 15 is 0 Å². The summed E-state index contributed by atoms with van der Waals surface area (Å²) in [5.41, 5.74) is 4.85. The molecular formula is C20H22N2O3. The van der Waals surface area contributed by atoms with Crippen LogP contribution in [-0.4, -0.2) is 32.9 Å². The smallest absolute Gasteiger partial charge is 0.203 e. The van der Waals surface area contributed by atoms with E-state index in [1.165, 1.54) is 22.2 Å². The first-order chi connectivity index (χ1) is 12.3. The first-order valence-corrected chi connectivity index (χ1v) is 8.39. The van der Waals surface area contributed by atoms with Gasteiger partial charge in [0, 0.05) is 23.1 Å². The Hall–Kier alpha value is -2.66. The zero-order valence-corrected chi connectivity index (χ0v) is 14.7. The lowest BCUT2D eigenvalue weighted by molar-refractivity contribution is 0.323. The fourth-order valence-electron chi connectivity index (χ4n) is 3.73. The van der Waals surface area contributed by atoms with Gasteiger partial charge in [-0.15, -0.1) is 0 Å². The molecule has 1 aromatic heterocycles. The Morgan fingerprint density at radius 2 is 1.68 bits per heavy atom. The Kier molecular flexibility index (Phi) is 4.01. The molecule has 5 nitrogen and oxygen atoms in total. The van der Waals surface area contributed by atoms with Gasteiger partial charge >= 0.3 is 0 Å². The minimum atomic E-state index is 0.0601. The zero-order chi connectivity index (χ0) is 17.4. The number of benzene rings is 2. The lowest BCUT2D eigenvalue weighted by atomic mass is 9.94. The van der Waals surface area contributed by atoms with Crippen LogP contribution in [0.2, 0.25) is 0 Å². The van der Waals surface area contributed by atoms with Gasteiger partial charge in [-0.25, -0.2) is 0 Å². The molecule has 0 amide bonds. The Bertz CT molecular complexity index is 891. The van der Waals surface area contributed by atoms with Crippen molar-refractivity contribution in [2.75, 3.05) is 27.9 Å². The third kappa shape index (κ3) is 2.51. The van der Waals surface area contributed by atoms with E-state index in [0.29, 0.717) is 17.2 Å². The first-order valence-electron chi connectivity index (χ1n) is 8.39. The molecule has 2 N–H and O–H groups in total. The van der Waals surface area contributed by atoms with Gasteiger partial charge in [0.25, 0.3) is 0 Å². The van der Waals surface area contributed by atoms with Crippen LogP contribution < -0.4 is 19.5 Å². The number of H-pyrrole nitrogens is 1. The van der Waals surface area contributed by atoms with Crippen LogP contribution in [0.25, 0.3) is 10.9 Å².